The summed E-state index contributed by atoms with van der Waals surface area (Å²) in [5, 5.41) is 0. The lowest BCUT2D eigenvalue weighted by Crippen LogP contribution is -2.15. The standard InChI is InChI=1S/C22H19NO2/c1-24-20-13-7-11-18-17(20)14-15-23-22(18)19-10-5-6-12-21(19)25-16-8-3-2-4-9-16/h2-13H,14-15H2,1H3. The minimum Gasteiger partial charge on any atom is -0.496 e. The Bertz CT molecular complexity index is 916. The third kappa shape index (κ3) is 3.01. The monoisotopic (exact) mass is 329 g/mol. The van der Waals surface area contributed by atoms with Crippen molar-refractivity contribution in [2.75, 3.05) is 13.7 Å². The van der Waals surface area contributed by atoms with Gasteiger partial charge in [-0.1, -0.05) is 42.5 Å². The molecule has 1 aliphatic heterocycles. The highest BCUT2D eigenvalue weighted by Crippen LogP contribution is 2.32. The van der Waals surface area contributed by atoms with Gasteiger partial charge in [-0.3, -0.25) is 4.99 Å². The van der Waals surface area contributed by atoms with Crippen LogP contribution in [0.4, 0.5) is 0 Å². The van der Waals surface area contributed by atoms with Gasteiger partial charge in [0.05, 0.1) is 12.8 Å². The Balaban J connectivity index is 1.78. The molecule has 0 aliphatic carbocycles. The first kappa shape index (κ1) is 15.5. The Morgan fingerprint density at radius 3 is 2.32 bits per heavy atom. The van der Waals surface area contributed by atoms with E-state index in [-0.39, 0.29) is 0 Å². The number of nitrogens with zero attached hydrogens (tertiary/aromatic N) is 1. The second-order valence-corrected chi connectivity index (χ2v) is 5.88. The largest absolute Gasteiger partial charge is 0.496 e. The smallest absolute Gasteiger partial charge is 0.136 e. The molecule has 0 bridgehead atoms. The van der Waals surface area contributed by atoms with Crippen LogP contribution in [0.2, 0.25) is 0 Å². The zero-order chi connectivity index (χ0) is 17.1. The van der Waals surface area contributed by atoms with Crippen molar-refractivity contribution < 1.29 is 9.47 Å². The normalized spacial score (nSPS) is 12.9. The predicted octanol–water partition coefficient (Wildman–Crippen LogP) is 4.88. The van der Waals surface area contributed by atoms with Gasteiger partial charge in [0, 0.05) is 23.2 Å². The summed E-state index contributed by atoms with van der Waals surface area (Å²) in [5.74, 6) is 2.55. The molecule has 1 heterocycles. The summed E-state index contributed by atoms with van der Waals surface area (Å²) in [6, 6.07) is 24.0. The summed E-state index contributed by atoms with van der Waals surface area (Å²) >= 11 is 0. The fourth-order valence-electron chi connectivity index (χ4n) is 3.20. The van der Waals surface area contributed by atoms with Crippen LogP contribution in [-0.2, 0) is 6.42 Å². The van der Waals surface area contributed by atoms with E-state index in [2.05, 4.69) is 12.1 Å². The number of hydrogen-bond acceptors (Lipinski definition) is 3. The van der Waals surface area contributed by atoms with Crippen molar-refractivity contribution >= 4 is 5.71 Å². The van der Waals surface area contributed by atoms with Crippen LogP contribution in [0.1, 0.15) is 16.7 Å². The van der Waals surface area contributed by atoms with Gasteiger partial charge in [0.1, 0.15) is 17.2 Å². The second kappa shape index (κ2) is 6.81. The van der Waals surface area contributed by atoms with E-state index in [0.29, 0.717) is 0 Å². The zero-order valence-corrected chi connectivity index (χ0v) is 14.1. The number of rotatable bonds is 4. The van der Waals surface area contributed by atoms with Crippen LogP contribution in [0.25, 0.3) is 0 Å². The predicted molar refractivity (Wildman–Crippen MR) is 100 cm³/mol. The molecule has 3 aromatic carbocycles. The molecule has 0 fully saturated rings. The van der Waals surface area contributed by atoms with Gasteiger partial charge >= 0.3 is 0 Å². The molecule has 4 rings (SSSR count). The first-order valence-corrected chi connectivity index (χ1v) is 8.40. The van der Waals surface area contributed by atoms with E-state index in [0.717, 1.165) is 47.1 Å². The van der Waals surface area contributed by atoms with E-state index in [1.165, 1.54) is 5.56 Å². The molecule has 25 heavy (non-hydrogen) atoms. The Kier molecular flexibility index (Phi) is 4.21. The number of aliphatic imine (C=N–C) groups is 1. The summed E-state index contributed by atoms with van der Waals surface area (Å²) in [7, 11) is 1.72. The SMILES string of the molecule is COc1cccc2c1CCN=C2c1ccccc1Oc1ccccc1. The topological polar surface area (TPSA) is 30.8 Å². The number of ether oxygens (including phenoxy) is 2. The molecule has 3 aromatic rings. The maximum Gasteiger partial charge on any atom is 0.136 e. The molecule has 124 valence electrons. The summed E-state index contributed by atoms with van der Waals surface area (Å²) in [6.45, 7) is 0.752. The lowest BCUT2D eigenvalue weighted by molar-refractivity contribution is 0.409. The number of methoxy groups -OCH3 is 1. The fourth-order valence-corrected chi connectivity index (χ4v) is 3.20. The quantitative estimate of drug-likeness (QED) is 0.683. The summed E-state index contributed by atoms with van der Waals surface area (Å²) < 4.78 is 11.7. The molecular formula is C22H19NO2. The minimum absolute atomic E-state index is 0.752. The third-order valence-electron chi connectivity index (χ3n) is 4.35. The second-order valence-electron chi connectivity index (χ2n) is 5.88. The van der Waals surface area contributed by atoms with Gasteiger partial charge in [-0.05, 0) is 36.8 Å². The molecule has 0 N–H and O–H groups in total. The summed E-state index contributed by atoms with van der Waals surface area (Å²) in [4.78, 5) is 4.80. The molecule has 1 aliphatic rings. The number of fused-ring (bicyclic) bond motifs is 1. The molecule has 3 nitrogen and oxygen atoms in total. The van der Waals surface area contributed by atoms with Crippen LogP contribution in [0.15, 0.2) is 77.8 Å². The van der Waals surface area contributed by atoms with Gasteiger partial charge in [0.25, 0.3) is 0 Å². The van der Waals surface area contributed by atoms with Crippen LogP contribution < -0.4 is 9.47 Å². The number of benzene rings is 3. The molecule has 0 saturated heterocycles. The van der Waals surface area contributed by atoms with Crippen LogP contribution in [0, 0.1) is 0 Å². The molecule has 0 saturated carbocycles. The van der Waals surface area contributed by atoms with Gasteiger partial charge < -0.3 is 9.47 Å². The van der Waals surface area contributed by atoms with E-state index in [9.17, 15) is 0 Å². The Hall–Kier alpha value is -3.07. The van der Waals surface area contributed by atoms with Crippen LogP contribution in [0.3, 0.4) is 0 Å². The average Bonchev–Trinajstić information content (AvgIpc) is 2.68. The van der Waals surface area contributed by atoms with Gasteiger partial charge in [0.2, 0.25) is 0 Å². The maximum atomic E-state index is 6.12. The number of para-hydroxylation sites is 2. The lowest BCUT2D eigenvalue weighted by atomic mass is 9.92. The molecule has 0 unspecified atom stereocenters. The molecular weight excluding hydrogens is 310 g/mol. The van der Waals surface area contributed by atoms with E-state index < -0.39 is 0 Å². The Morgan fingerprint density at radius 2 is 1.48 bits per heavy atom. The summed E-state index contributed by atoms with van der Waals surface area (Å²) in [6.07, 6.45) is 0.893. The molecule has 0 spiro atoms. The van der Waals surface area contributed by atoms with Crippen molar-refractivity contribution in [3.05, 3.63) is 89.5 Å². The van der Waals surface area contributed by atoms with Gasteiger partial charge in [0.15, 0.2) is 0 Å². The van der Waals surface area contributed by atoms with E-state index in [4.69, 9.17) is 14.5 Å². The van der Waals surface area contributed by atoms with Crippen LogP contribution >= 0.6 is 0 Å². The summed E-state index contributed by atoms with van der Waals surface area (Å²) in [5.41, 5.74) is 4.30. The van der Waals surface area contributed by atoms with Gasteiger partial charge in [-0.2, -0.15) is 0 Å². The van der Waals surface area contributed by atoms with Crippen LogP contribution in [-0.4, -0.2) is 19.4 Å². The van der Waals surface area contributed by atoms with Crippen molar-refractivity contribution in [2.24, 2.45) is 4.99 Å². The van der Waals surface area contributed by atoms with Crippen molar-refractivity contribution in [1.82, 2.24) is 0 Å². The number of hydrogen-bond donors (Lipinski definition) is 0. The van der Waals surface area contributed by atoms with E-state index in [1.807, 2.05) is 60.7 Å². The van der Waals surface area contributed by atoms with Crippen molar-refractivity contribution in [2.45, 2.75) is 6.42 Å². The van der Waals surface area contributed by atoms with E-state index >= 15 is 0 Å². The van der Waals surface area contributed by atoms with E-state index in [1.54, 1.807) is 7.11 Å². The highest BCUT2D eigenvalue weighted by atomic mass is 16.5. The van der Waals surface area contributed by atoms with Crippen molar-refractivity contribution in [3.63, 3.8) is 0 Å². The minimum atomic E-state index is 0.752. The van der Waals surface area contributed by atoms with Gasteiger partial charge in [-0.25, -0.2) is 0 Å². The zero-order valence-electron chi connectivity index (χ0n) is 14.1. The fraction of sp³-hybridized carbons (Fsp3) is 0.136. The maximum absolute atomic E-state index is 6.12. The highest BCUT2D eigenvalue weighted by Gasteiger charge is 2.21. The first-order valence-electron chi connectivity index (χ1n) is 8.40. The van der Waals surface area contributed by atoms with Gasteiger partial charge in [-0.15, -0.1) is 0 Å². The Labute approximate surface area is 147 Å². The molecule has 0 radical (unpaired) electrons. The third-order valence-corrected chi connectivity index (χ3v) is 4.35. The average molecular weight is 329 g/mol. The molecule has 0 amide bonds. The van der Waals surface area contributed by atoms with Crippen LogP contribution in [0.5, 0.6) is 17.2 Å². The lowest BCUT2D eigenvalue weighted by Gasteiger charge is -2.21. The molecule has 3 heteroatoms. The first-order chi connectivity index (χ1) is 12.4. The van der Waals surface area contributed by atoms with Crippen molar-refractivity contribution in [1.29, 1.82) is 0 Å². The van der Waals surface area contributed by atoms with Crippen molar-refractivity contribution in [3.8, 4) is 17.2 Å². The highest BCUT2D eigenvalue weighted by molar-refractivity contribution is 6.16. The Morgan fingerprint density at radius 1 is 0.760 bits per heavy atom. The molecule has 0 atom stereocenters. The molecule has 0 aromatic heterocycles.